The second-order valence-corrected chi connectivity index (χ2v) is 5.58. The highest BCUT2D eigenvalue weighted by Crippen LogP contribution is 2.19. The molecule has 100 valence electrons. The first-order chi connectivity index (χ1) is 8.18. The van der Waals surface area contributed by atoms with Gasteiger partial charge in [-0.1, -0.05) is 30.3 Å². The zero-order valence-corrected chi connectivity index (χ0v) is 10.4. The van der Waals surface area contributed by atoms with Crippen molar-refractivity contribution in [3.63, 3.8) is 0 Å². The van der Waals surface area contributed by atoms with Crippen LogP contribution in [-0.2, 0) is 10.0 Å². The molecule has 0 spiro atoms. The quantitative estimate of drug-likeness (QED) is 0.849. The van der Waals surface area contributed by atoms with Crippen LogP contribution in [0.2, 0.25) is 0 Å². The highest BCUT2D eigenvalue weighted by molar-refractivity contribution is 7.88. The maximum atomic E-state index is 12.2. The van der Waals surface area contributed by atoms with Gasteiger partial charge in [0.1, 0.15) is 6.54 Å². The molecule has 18 heavy (non-hydrogen) atoms. The van der Waals surface area contributed by atoms with Crippen molar-refractivity contribution in [3.8, 4) is 0 Å². The topological polar surface area (TPSA) is 37.4 Å². The summed E-state index contributed by atoms with van der Waals surface area (Å²) in [4.78, 5) is 0. The summed E-state index contributed by atoms with van der Waals surface area (Å²) in [6.07, 6.45) is -1.62. The Hall–Kier alpha value is -1.50. The number of sulfonamides is 1. The number of alkyl halides is 3. The average molecular weight is 279 g/mol. The van der Waals surface area contributed by atoms with Gasteiger partial charge in [-0.05, 0) is 11.6 Å². The third-order valence-corrected chi connectivity index (χ3v) is 3.10. The van der Waals surface area contributed by atoms with E-state index in [1.165, 1.54) is 6.08 Å². The summed E-state index contributed by atoms with van der Waals surface area (Å²) in [6.45, 7) is -1.53. The lowest BCUT2D eigenvalue weighted by Crippen LogP contribution is -2.34. The standard InChI is InChI=1S/C11H12F3NO2S/c1-18(16,17)15(9-11(12,13)14)8-7-10-5-3-2-4-6-10/h2-8H,9H2,1H3/b8-7-. The van der Waals surface area contributed by atoms with Crippen LogP contribution in [0, 0.1) is 0 Å². The number of hydrogen-bond acceptors (Lipinski definition) is 2. The first kappa shape index (κ1) is 14.6. The molecular weight excluding hydrogens is 267 g/mol. The molecule has 0 fully saturated rings. The Balaban J connectivity index is 2.90. The van der Waals surface area contributed by atoms with Crippen LogP contribution < -0.4 is 0 Å². The van der Waals surface area contributed by atoms with Gasteiger partial charge in [-0.3, -0.25) is 4.31 Å². The second-order valence-electron chi connectivity index (χ2n) is 3.65. The fraction of sp³-hybridized carbons (Fsp3) is 0.273. The molecule has 1 aromatic rings. The number of benzene rings is 1. The molecule has 0 heterocycles. The summed E-state index contributed by atoms with van der Waals surface area (Å²) >= 11 is 0. The minimum atomic E-state index is -4.58. The Labute approximate surface area is 104 Å². The largest absolute Gasteiger partial charge is 0.407 e. The molecular formula is C11H12F3NO2S. The van der Waals surface area contributed by atoms with Gasteiger partial charge in [-0.25, -0.2) is 8.42 Å². The van der Waals surface area contributed by atoms with Crippen LogP contribution >= 0.6 is 0 Å². The van der Waals surface area contributed by atoms with E-state index in [1.807, 2.05) is 0 Å². The Kier molecular flexibility index (Phi) is 4.39. The molecule has 0 N–H and O–H groups in total. The number of nitrogens with zero attached hydrogens (tertiary/aromatic N) is 1. The van der Waals surface area contributed by atoms with Crippen molar-refractivity contribution < 1.29 is 21.6 Å². The van der Waals surface area contributed by atoms with Crippen molar-refractivity contribution in [1.82, 2.24) is 4.31 Å². The molecule has 1 aromatic carbocycles. The lowest BCUT2D eigenvalue weighted by Gasteiger charge is -2.19. The smallest absolute Gasteiger partial charge is 0.268 e. The third-order valence-electron chi connectivity index (χ3n) is 1.99. The van der Waals surface area contributed by atoms with Gasteiger partial charge in [0.15, 0.2) is 0 Å². The highest BCUT2D eigenvalue weighted by Gasteiger charge is 2.32. The first-order valence-corrected chi connectivity index (χ1v) is 6.80. The summed E-state index contributed by atoms with van der Waals surface area (Å²) in [5.74, 6) is 0. The molecule has 0 bridgehead atoms. The molecule has 0 amide bonds. The monoisotopic (exact) mass is 279 g/mol. The fourth-order valence-corrected chi connectivity index (χ4v) is 1.85. The van der Waals surface area contributed by atoms with E-state index in [0.717, 1.165) is 12.5 Å². The number of halogens is 3. The normalized spacial score (nSPS) is 12.9. The maximum absolute atomic E-state index is 12.2. The van der Waals surface area contributed by atoms with Crippen LogP contribution in [0.4, 0.5) is 13.2 Å². The molecule has 1 rings (SSSR count). The van der Waals surface area contributed by atoms with Gasteiger partial charge in [0.05, 0.1) is 6.26 Å². The van der Waals surface area contributed by atoms with E-state index in [9.17, 15) is 21.6 Å². The molecule has 3 nitrogen and oxygen atoms in total. The molecule has 0 radical (unpaired) electrons. The van der Waals surface area contributed by atoms with Crippen molar-refractivity contribution in [2.24, 2.45) is 0 Å². The molecule has 0 saturated heterocycles. The SMILES string of the molecule is CS(=O)(=O)N(/C=C\c1ccccc1)CC(F)(F)F. The van der Waals surface area contributed by atoms with Gasteiger partial charge in [0.2, 0.25) is 10.0 Å². The number of hydrogen-bond donors (Lipinski definition) is 0. The van der Waals surface area contributed by atoms with Crippen LogP contribution in [0.25, 0.3) is 6.08 Å². The minimum Gasteiger partial charge on any atom is -0.268 e. The lowest BCUT2D eigenvalue weighted by molar-refractivity contribution is -0.132. The van der Waals surface area contributed by atoms with Crippen LogP contribution in [-0.4, -0.2) is 31.7 Å². The summed E-state index contributed by atoms with van der Waals surface area (Å²) in [5.41, 5.74) is 0.619. The fourth-order valence-electron chi connectivity index (χ4n) is 1.19. The Bertz CT molecular complexity index is 509. The van der Waals surface area contributed by atoms with E-state index < -0.39 is 22.7 Å². The van der Waals surface area contributed by atoms with Crippen molar-refractivity contribution in [3.05, 3.63) is 42.1 Å². The minimum absolute atomic E-state index is 0.264. The van der Waals surface area contributed by atoms with E-state index in [1.54, 1.807) is 30.3 Å². The van der Waals surface area contributed by atoms with Crippen molar-refractivity contribution in [2.45, 2.75) is 6.18 Å². The molecule has 0 atom stereocenters. The van der Waals surface area contributed by atoms with Gasteiger partial charge in [0.25, 0.3) is 0 Å². The van der Waals surface area contributed by atoms with Crippen molar-refractivity contribution in [1.29, 1.82) is 0 Å². The van der Waals surface area contributed by atoms with Crippen LogP contribution in [0.3, 0.4) is 0 Å². The van der Waals surface area contributed by atoms with Crippen molar-refractivity contribution >= 4 is 16.1 Å². The summed E-state index contributed by atoms with van der Waals surface area (Å²) in [5, 5.41) is 0. The summed E-state index contributed by atoms with van der Waals surface area (Å²) in [7, 11) is -3.94. The predicted molar refractivity (Wildman–Crippen MR) is 63.1 cm³/mol. The van der Waals surface area contributed by atoms with Gasteiger partial charge in [0, 0.05) is 6.20 Å². The average Bonchev–Trinajstić information content (AvgIpc) is 2.22. The third kappa shape index (κ3) is 5.22. The van der Waals surface area contributed by atoms with Gasteiger partial charge >= 0.3 is 6.18 Å². The number of rotatable bonds is 4. The van der Waals surface area contributed by atoms with E-state index in [0.29, 0.717) is 5.56 Å². The van der Waals surface area contributed by atoms with Crippen molar-refractivity contribution in [2.75, 3.05) is 12.8 Å². The zero-order chi connectivity index (χ0) is 13.8. The second kappa shape index (κ2) is 5.43. The van der Waals surface area contributed by atoms with Crippen LogP contribution in [0.1, 0.15) is 5.56 Å². The highest BCUT2D eigenvalue weighted by atomic mass is 32.2. The van der Waals surface area contributed by atoms with Crippen LogP contribution in [0.15, 0.2) is 36.5 Å². The first-order valence-electron chi connectivity index (χ1n) is 4.95. The molecule has 0 aliphatic heterocycles. The predicted octanol–water partition coefficient (Wildman–Crippen LogP) is 2.48. The van der Waals surface area contributed by atoms with E-state index >= 15 is 0 Å². The van der Waals surface area contributed by atoms with E-state index in [2.05, 4.69) is 0 Å². The van der Waals surface area contributed by atoms with E-state index in [-0.39, 0.29) is 4.31 Å². The summed E-state index contributed by atoms with van der Waals surface area (Å²) in [6, 6.07) is 8.47. The summed E-state index contributed by atoms with van der Waals surface area (Å²) < 4.78 is 59.3. The zero-order valence-electron chi connectivity index (χ0n) is 9.55. The Morgan fingerprint density at radius 1 is 1.22 bits per heavy atom. The molecule has 0 aromatic heterocycles. The van der Waals surface area contributed by atoms with Crippen LogP contribution in [0.5, 0.6) is 0 Å². The molecule has 7 heteroatoms. The van der Waals surface area contributed by atoms with Gasteiger partial charge < -0.3 is 0 Å². The molecule has 0 aliphatic carbocycles. The Morgan fingerprint density at radius 3 is 2.22 bits per heavy atom. The van der Waals surface area contributed by atoms with E-state index in [4.69, 9.17) is 0 Å². The molecule has 0 saturated carbocycles. The molecule has 0 aliphatic rings. The molecule has 0 unspecified atom stereocenters. The lowest BCUT2D eigenvalue weighted by atomic mass is 10.2. The maximum Gasteiger partial charge on any atom is 0.407 e. The Morgan fingerprint density at radius 2 is 1.78 bits per heavy atom. The van der Waals surface area contributed by atoms with Gasteiger partial charge in [-0.15, -0.1) is 0 Å². The van der Waals surface area contributed by atoms with Gasteiger partial charge in [-0.2, -0.15) is 13.2 Å².